The van der Waals surface area contributed by atoms with Crippen LogP contribution in [0, 0.1) is 0 Å². The van der Waals surface area contributed by atoms with Gasteiger partial charge in [-0.2, -0.15) is 0 Å². The molecule has 0 spiro atoms. The third-order valence-corrected chi connectivity index (χ3v) is 2.49. The van der Waals surface area contributed by atoms with Crippen LogP contribution in [0.1, 0.15) is 25.6 Å². The van der Waals surface area contributed by atoms with Crippen LogP contribution in [-0.2, 0) is 7.05 Å². The number of hydrogen-bond acceptors (Lipinski definition) is 5. The third-order valence-electron chi connectivity index (χ3n) is 2.49. The fourth-order valence-electron chi connectivity index (χ4n) is 1.50. The van der Waals surface area contributed by atoms with Gasteiger partial charge in [0, 0.05) is 26.1 Å². The van der Waals surface area contributed by atoms with Gasteiger partial charge in [-0.1, -0.05) is 19.1 Å². The van der Waals surface area contributed by atoms with E-state index < -0.39 is 0 Å². The minimum Gasteiger partial charge on any atom is -0.373 e. The van der Waals surface area contributed by atoms with Crippen LogP contribution < -0.4 is 5.32 Å². The molecule has 2 aromatic rings. The second-order valence-electron chi connectivity index (χ2n) is 4.14. The molecule has 1 N–H and O–H groups in total. The predicted octanol–water partition coefficient (Wildman–Crippen LogP) is 1.44. The summed E-state index contributed by atoms with van der Waals surface area (Å²) in [4.78, 5) is 8.95. The van der Waals surface area contributed by atoms with Gasteiger partial charge < -0.3 is 5.32 Å². The van der Waals surface area contributed by atoms with E-state index in [-0.39, 0.29) is 5.92 Å². The molecule has 0 atom stereocenters. The summed E-state index contributed by atoms with van der Waals surface area (Å²) in [6.07, 6.45) is 1.70. The van der Waals surface area contributed by atoms with Gasteiger partial charge in [0.05, 0.1) is 11.9 Å². The first-order valence-electron chi connectivity index (χ1n) is 5.53. The van der Waals surface area contributed by atoms with Crippen LogP contribution in [0.3, 0.4) is 0 Å². The highest BCUT2D eigenvalue weighted by Gasteiger charge is 2.11. The standard InChI is InChI=1S/C11H16N6/c1-7(2)11-14-8(5-10(12-3)15-11)9-6-13-16-17(9)4/h5-7H,1-4H3,(H,12,14,15). The second kappa shape index (κ2) is 4.48. The minimum atomic E-state index is 0.281. The van der Waals surface area contributed by atoms with Crippen molar-refractivity contribution in [2.45, 2.75) is 19.8 Å². The first-order valence-corrected chi connectivity index (χ1v) is 5.53. The molecule has 0 radical (unpaired) electrons. The van der Waals surface area contributed by atoms with Gasteiger partial charge in [0.15, 0.2) is 0 Å². The molecule has 0 amide bonds. The third kappa shape index (κ3) is 2.25. The first-order chi connectivity index (χ1) is 8.11. The maximum atomic E-state index is 4.53. The van der Waals surface area contributed by atoms with Crippen LogP contribution in [0.15, 0.2) is 12.3 Å². The van der Waals surface area contributed by atoms with Gasteiger partial charge in [-0.25, -0.2) is 14.6 Å². The van der Waals surface area contributed by atoms with E-state index in [2.05, 4.69) is 39.4 Å². The van der Waals surface area contributed by atoms with Crippen molar-refractivity contribution in [2.24, 2.45) is 7.05 Å². The summed E-state index contributed by atoms with van der Waals surface area (Å²) < 4.78 is 1.70. The van der Waals surface area contributed by atoms with Crippen molar-refractivity contribution < 1.29 is 0 Å². The summed E-state index contributed by atoms with van der Waals surface area (Å²) in [7, 11) is 3.69. The highest BCUT2D eigenvalue weighted by atomic mass is 15.4. The topological polar surface area (TPSA) is 68.5 Å². The van der Waals surface area contributed by atoms with Gasteiger partial charge in [0.2, 0.25) is 0 Å². The normalized spacial score (nSPS) is 10.9. The van der Waals surface area contributed by atoms with Crippen LogP contribution >= 0.6 is 0 Å². The molecule has 0 aliphatic heterocycles. The van der Waals surface area contributed by atoms with Crippen molar-refractivity contribution in [1.29, 1.82) is 0 Å². The van der Waals surface area contributed by atoms with E-state index in [0.717, 1.165) is 23.0 Å². The van der Waals surface area contributed by atoms with Crippen molar-refractivity contribution >= 4 is 5.82 Å². The highest BCUT2D eigenvalue weighted by Crippen LogP contribution is 2.20. The molecule has 0 saturated carbocycles. The van der Waals surface area contributed by atoms with E-state index in [1.807, 2.05) is 20.2 Å². The summed E-state index contributed by atoms with van der Waals surface area (Å²) >= 11 is 0. The van der Waals surface area contributed by atoms with Gasteiger partial charge in [0.25, 0.3) is 0 Å². The van der Waals surface area contributed by atoms with E-state index in [4.69, 9.17) is 0 Å². The van der Waals surface area contributed by atoms with E-state index in [1.54, 1.807) is 10.9 Å². The second-order valence-corrected chi connectivity index (χ2v) is 4.14. The zero-order valence-corrected chi connectivity index (χ0v) is 10.5. The smallest absolute Gasteiger partial charge is 0.134 e. The molecule has 0 fully saturated rings. The van der Waals surface area contributed by atoms with Gasteiger partial charge in [0.1, 0.15) is 17.3 Å². The average molecular weight is 232 g/mol. The predicted molar refractivity (Wildman–Crippen MR) is 65.7 cm³/mol. The fourth-order valence-corrected chi connectivity index (χ4v) is 1.50. The van der Waals surface area contributed by atoms with Gasteiger partial charge in [-0.05, 0) is 0 Å². The molecular formula is C11H16N6. The van der Waals surface area contributed by atoms with Crippen molar-refractivity contribution in [3.63, 3.8) is 0 Å². The monoisotopic (exact) mass is 232 g/mol. The molecule has 6 nitrogen and oxygen atoms in total. The van der Waals surface area contributed by atoms with Crippen LogP contribution in [-0.4, -0.2) is 32.0 Å². The molecule has 6 heteroatoms. The summed E-state index contributed by atoms with van der Waals surface area (Å²) in [5.74, 6) is 1.90. The molecule has 0 aliphatic carbocycles. The first kappa shape index (κ1) is 11.5. The lowest BCUT2D eigenvalue weighted by molar-refractivity contribution is 0.716. The molecule has 0 unspecified atom stereocenters. The lowest BCUT2D eigenvalue weighted by atomic mass is 10.2. The van der Waals surface area contributed by atoms with Crippen molar-refractivity contribution in [3.8, 4) is 11.4 Å². The van der Waals surface area contributed by atoms with E-state index >= 15 is 0 Å². The van der Waals surface area contributed by atoms with Gasteiger partial charge in [-0.3, -0.25) is 0 Å². The van der Waals surface area contributed by atoms with E-state index in [1.165, 1.54) is 0 Å². The Bertz CT molecular complexity index is 516. The van der Waals surface area contributed by atoms with E-state index in [9.17, 15) is 0 Å². The summed E-state index contributed by atoms with van der Waals surface area (Å²) in [5, 5.41) is 10.8. The lowest BCUT2D eigenvalue weighted by Crippen LogP contribution is -2.05. The Morgan fingerprint density at radius 3 is 2.59 bits per heavy atom. The molecular weight excluding hydrogens is 216 g/mol. The highest BCUT2D eigenvalue weighted by molar-refractivity contribution is 5.57. The molecule has 2 heterocycles. The largest absolute Gasteiger partial charge is 0.373 e. The summed E-state index contributed by atoms with van der Waals surface area (Å²) in [6, 6.07) is 1.89. The SMILES string of the molecule is CNc1cc(-c2cnnn2C)nc(C(C)C)n1. The Balaban J connectivity index is 2.54. The Labute approximate surface area is 100 Å². The molecule has 0 aromatic carbocycles. The molecule has 90 valence electrons. The molecule has 0 aliphatic rings. The lowest BCUT2D eigenvalue weighted by Gasteiger charge is -2.09. The average Bonchev–Trinajstić information content (AvgIpc) is 2.74. The Hall–Kier alpha value is -1.98. The maximum absolute atomic E-state index is 4.53. The minimum absolute atomic E-state index is 0.281. The Kier molecular flexibility index (Phi) is 3.03. The fraction of sp³-hybridized carbons (Fsp3) is 0.455. The number of aryl methyl sites for hydroxylation is 1. The molecule has 2 rings (SSSR count). The molecule has 0 bridgehead atoms. The molecule has 0 saturated heterocycles. The Morgan fingerprint density at radius 2 is 2.06 bits per heavy atom. The number of aromatic nitrogens is 5. The summed E-state index contributed by atoms with van der Waals surface area (Å²) in [6.45, 7) is 4.14. The van der Waals surface area contributed by atoms with Gasteiger partial charge >= 0.3 is 0 Å². The molecule has 2 aromatic heterocycles. The summed E-state index contributed by atoms with van der Waals surface area (Å²) in [5.41, 5.74) is 1.71. The van der Waals surface area contributed by atoms with Crippen molar-refractivity contribution in [1.82, 2.24) is 25.0 Å². The van der Waals surface area contributed by atoms with E-state index in [0.29, 0.717) is 0 Å². The maximum Gasteiger partial charge on any atom is 0.134 e. The Morgan fingerprint density at radius 1 is 1.29 bits per heavy atom. The van der Waals surface area contributed by atoms with Crippen LogP contribution in [0.4, 0.5) is 5.82 Å². The quantitative estimate of drug-likeness (QED) is 0.867. The zero-order valence-electron chi connectivity index (χ0n) is 10.5. The van der Waals surface area contributed by atoms with Crippen LogP contribution in [0.2, 0.25) is 0 Å². The number of nitrogens with one attached hydrogen (secondary N) is 1. The number of nitrogens with zero attached hydrogens (tertiary/aromatic N) is 5. The number of rotatable bonds is 3. The number of anilines is 1. The number of hydrogen-bond donors (Lipinski definition) is 1. The van der Waals surface area contributed by atoms with Crippen LogP contribution in [0.5, 0.6) is 0 Å². The van der Waals surface area contributed by atoms with Crippen molar-refractivity contribution in [3.05, 3.63) is 18.1 Å². The van der Waals surface area contributed by atoms with Gasteiger partial charge in [-0.15, -0.1) is 5.10 Å². The van der Waals surface area contributed by atoms with Crippen LogP contribution in [0.25, 0.3) is 11.4 Å². The molecule has 17 heavy (non-hydrogen) atoms. The van der Waals surface area contributed by atoms with Crippen molar-refractivity contribution in [2.75, 3.05) is 12.4 Å². The zero-order chi connectivity index (χ0) is 12.4.